The van der Waals surface area contributed by atoms with Crippen LogP contribution in [0.3, 0.4) is 0 Å². The number of furan rings is 1. The third kappa shape index (κ3) is 1.84. The summed E-state index contributed by atoms with van der Waals surface area (Å²) in [4.78, 5) is 0. The Morgan fingerprint density at radius 3 is 2.61 bits per heavy atom. The van der Waals surface area contributed by atoms with E-state index in [0.717, 1.165) is 32.1 Å². The summed E-state index contributed by atoms with van der Waals surface area (Å²) in [6, 6.07) is 0. The number of aliphatic hydroxyl groups excluding tert-OH is 2. The quantitative estimate of drug-likeness (QED) is 0.830. The van der Waals surface area contributed by atoms with Crippen molar-refractivity contribution < 1.29 is 14.6 Å². The molecule has 1 heterocycles. The molecule has 0 unspecified atom stereocenters. The smallest absolute Gasteiger partial charge is 0.0943 e. The predicted octanol–water partition coefficient (Wildman–Crippen LogP) is 3.67. The van der Waals surface area contributed by atoms with E-state index in [2.05, 4.69) is 20.8 Å². The van der Waals surface area contributed by atoms with Gasteiger partial charge in [-0.15, -0.1) is 0 Å². The van der Waals surface area contributed by atoms with E-state index in [-0.39, 0.29) is 29.0 Å². The fraction of sp³-hybridized carbons (Fsp3) is 0.800. The molecular weight excluding hydrogens is 288 g/mol. The van der Waals surface area contributed by atoms with Gasteiger partial charge in [-0.2, -0.15) is 0 Å². The lowest BCUT2D eigenvalue weighted by molar-refractivity contribution is -0.179. The van der Waals surface area contributed by atoms with Crippen LogP contribution in [0.4, 0.5) is 0 Å². The molecule has 1 aromatic heterocycles. The second kappa shape index (κ2) is 4.86. The fourth-order valence-corrected chi connectivity index (χ4v) is 6.86. The van der Waals surface area contributed by atoms with Crippen LogP contribution in [0.25, 0.3) is 0 Å². The molecule has 0 spiro atoms. The van der Waals surface area contributed by atoms with Gasteiger partial charge in [0.1, 0.15) is 0 Å². The van der Waals surface area contributed by atoms with Gasteiger partial charge in [-0.25, -0.2) is 0 Å². The van der Waals surface area contributed by atoms with E-state index in [0.29, 0.717) is 11.8 Å². The van der Waals surface area contributed by atoms with Gasteiger partial charge in [0.2, 0.25) is 0 Å². The average molecular weight is 318 g/mol. The van der Waals surface area contributed by atoms with Gasteiger partial charge in [-0.3, -0.25) is 0 Å². The normalized spacial score (nSPS) is 49.2. The molecule has 3 aliphatic carbocycles. The van der Waals surface area contributed by atoms with Gasteiger partial charge in [0, 0.05) is 5.41 Å². The van der Waals surface area contributed by atoms with Gasteiger partial charge in [-0.1, -0.05) is 20.8 Å². The van der Waals surface area contributed by atoms with E-state index in [9.17, 15) is 10.2 Å². The first kappa shape index (κ1) is 15.7. The molecule has 2 saturated carbocycles. The van der Waals surface area contributed by atoms with Crippen LogP contribution in [0.1, 0.15) is 64.0 Å². The highest BCUT2D eigenvalue weighted by molar-refractivity contribution is 5.36. The van der Waals surface area contributed by atoms with E-state index in [1.165, 1.54) is 17.5 Å². The first-order valence-corrected chi connectivity index (χ1v) is 9.21. The van der Waals surface area contributed by atoms with Gasteiger partial charge in [-0.05, 0) is 72.3 Å². The maximum atomic E-state index is 10.6. The first-order valence-electron chi connectivity index (χ1n) is 9.21. The molecule has 0 bridgehead atoms. The van der Waals surface area contributed by atoms with Crippen LogP contribution in [0.15, 0.2) is 16.9 Å². The van der Waals surface area contributed by atoms with Gasteiger partial charge in [0.05, 0.1) is 25.2 Å². The molecule has 0 radical (unpaired) electrons. The van der Waals surface area contributed by atoms with Crippen molar-refractivity contribution in [3.63, 3.8) is 0 Å². The zero-order valence-electron chi connectivity index (χ0n) is 14.6. The maximum absolute atomic E-state index is 10.6. The van der Waals surface area contributed by atoms with E-state index >= 15 is 0 Å². The fourth-order valence-electron chi connectivity index (χ4n) is 6.86. The van der Waals surface area contributed by atoms with Gasteiger partial charge < -0.3 is 14.6 Å². The van der Waals surface area contributed by atoms with Crippen LogP contribution < -0.4 is 0 Å². The van der Waals surface area contributed by atoms with E-state index < -0.39 is 0 Å². The Balaban J connectivity index is 1.79. The summed E-state index contributed by atoms with van der Waals surface area (Å²) >= 11 is 0. The molecule has 3 aliphatic rings. The molecule has 6 atom stereocenters. The van der Waals surface area contributed by atoms with Gasteiger partial charge in [0.15, 0.2) is 0 Å². The molecule has 23 heavy (non-hydrogen) atoms. The number of hydrogen-bond donors (Lipinski definition) is 2. The van der Waals surface area contributed by atoms with Crippen LogP contribution in [-0.4, -0.2) is 22.9 Å². The van der Waals surface area contributed by atoms with Crippen LogP contribution in [0.5, 0.6) is 0 Å². The lowest BCUT2D eigenvalue weighted by Crippen LogP contribution is -2.62. The summed E-state index contributed by atoms with van der Waals surface area (Å²) in [5.41, 5.74) is 2.84. The highest BCUT2D eigenvalue weighted by Gasteiger charge is 2.62. The van der Waals surface area contributed by atoms with Crippen molar-refractivity contribution in [1.82, 2.24) is 0 Å². The molecule has 0 aromatic carbocycles. The molecule has 2 fully saturated rings. The van der Waals surface area contributed by atoms with Crippen molar-refractivity contribution in [3.05, 3.63) is 23.7 Å². The first-order chi connectivity index (χ1) is 10.9. The topological polar surface area (TPSA) is 53.6 Å². The standard InChI is InChI=1S/C20H30O3/c1-18-8-6-16-19(2,9-7-17(22)20(16,3)12-21)15(18)5-4-13-10-23-11-14(13)18/h10-11,15-17,21-22H,4-9,12H2,1-3H3/t15-,16+,17-,18-,19+,20+/m0/s1. The van der Waals surface area contributed by atoms with Crippen LogP contribution in [0.2, 0.25) is 0 Å². The highest BCUT2D eigenvalue weighted by atomic mass is 16.3. The monoisotopic (exact) mass is 318 g/mol. The SMILES string of the molecule is C[C@]12CC[C@H](O)[C@](C)(CO)[C@@H]1CC[C@@]1(C)c3cocc3CC[C@H]21. The molecular formula is C20H30O3. The molecule has 3 heteroatoms. The zero-order valence-corrected chi connectivity index (χ0v) is 14.6. The minimum absolute atomic E-state index is 0.0921. The molecule has 1 aromatic rings. The van der Waals surface area contributed by atoms with Crippen LogP contribution >= 0.6 is 0 Å². The maximum Gasteiger partial charge on any atom is 0.0943 e. The van der Waals surface area contributed by atoms with Gasteiger partial charge >= 0.3 is 0 Å². The van der Waals surface area contributed by atoms with Crippen molar-refractivity contribution in [2.75, 3.05) is 6.61 Å². The van der Waals surface area contributed by atoms with Crippen molar-refractivity contribution in [2.24, 2.45) is 22.7 Å². The summed E-state index contributed by atoms with van der Waals surface area (Å²) in [5.74, 6) is 1.01. The van der Waals surface area contributed by atoms with E-state index in [1.807, 2.05) is 12.5 Å². The Kier molecular flexibility index (Phi) is 3.32. The Hall–Kier alpha value is -0.800. The van der Waals surface area contributed by atoms with Crippen LogP contribution in [0, 0.1) is 22.7 Å². The number of rotatable bonds is 1. The minimum atomic E-state index is -0.372. The summed E-state index contributed by atoms with van der Waals surface area (Å²) in [6.07, 6.45) is 9.96. The van der Waals surface area contributed by atoms with Crippen molar-refractivity contribution in [1.29, 1.82) is 0 Å². The Morgan fingerprint density at radius 1 is 1.09 bits per heavy atom. The molecule has 0 amide bonds. The molecule has 3 nitrogen and oxygen atoms in total. The predicted molar refractivity (Wildman–Crippen MR) is 89.1 cm³/mol. The Morgan fingerprint density at radius 2 is 1.87 bits per heavy atom. The number of aryl methyl sites for hydroxylation is 1. The zero-order chi connectivity index (χ0) is 16.5. The minimum Gasteiger partial charge on any atom is -0.472 e. The van der Waals surface area contributed by atoms with Crippen molar-refractivity contribution in [2.45, 2.75) is 70.8 Å². The summed E-state index contributed by atoms with van der Waals surface area (Å²) in [6.45, 7) is 7.06. The van der Waals surface area contributed by atoms with E-state index in [1.54, 1.807) is 0 Å². The molecule has 128 valence electrons. The highest BCUT2D eigenvalue weighted by Crippen LogP contribution is 2.66. The summed E-state index contributed by atoms with van der Waals surface area (Å²) in [7, 11) is 0. The molecule has 0 saturated heterocycles. The Bertz CT molecular complexity index is 608. The third-order valence-corrected chi connectivity index (χ3v) is 8.23. The summed E-state index contributed by atoms with van der Waals surface area (Å²) in [5, 5.41) is 20.7. The average Bonchev–Trinajstić information content (AvgIpc) is 3.01. The van der Waals surface area contributed by atoms with Crippen molar-refractivity contribution in [3.8, 4) is 0 Å². The lowest BCUT2D eigenvalue weighted by atomic mass is 9.40. The molecule has 0 aliphatic heterocycles. The number of fused-ring (bicyclic) bond motifs is 5. The molecule has 2 N–H and O–H groups in total. The number of aliphatic hydroxyl groups is 2. The Labute approximate surface area is 139 Å². The number of hydrogen-bond acceptors (Lipinski definition) is 3. The summed E-state index contributed by atoms with van der Waals surface area (Å²) < 4.78 is 5.55. The largest absolute Gasteiger partial charge is 0.472 e. The molecule has 4 rings (SSSR count). The lowest BCUT2D eigenvalue weighted by Gasteiger charge is -2.65. The van der Waals surface area contributed by atoms with Gasteiger partial charge in [0.25, 0.3) is 0 Å². The van der Waals surface area contributed by atoms with Crippen molar-refractivity contribution >= 4 is 0 Å². The van der Waals surface area contributed by atoms with Crippen LogP contribution in [-0.2, 0) is 11.8 Å². The second-order valence-corrected chi connectivity index (χ2v) is 9.13. The third-order valence-electron chi connectivity index (χ3n) is 8.23. The van der Waals surface area contributed by atoms with E-state index in [4.69, 9.17) is 4.42 Å². The second-order valence-electron chi connectivity index (χ2n) is 9.13.